The third-order valence-corrected chi connectivity index (χ3v) is 4.02. The summed E-state index contributed by atoms with van der Waals surface area (Å²) < 4.78 is 0. The van der Waals surface area contributed by atoms with Gasteiger partial charge in [0.05, 0.1) is 0 Å². The first-order valence-corrected chi connectivity index (χ1v) is 7.17. The van der Waals surface area contributed by atoms with E-state index in [0.29, 0.717) is 12.3 Å². The Kier molecular flexibility index (Phi) is 3.55. The molecule has 0 saturated heterocycles. The van der Waals surface area contributed by atoms with Crippen LogP contribution in [0, 0.1) is 6.92 Å². The number of rotatable bonds is 3. The van der Waals surface area contributed by atoms with Crippen LogP contribution < -0.4 is 5.32 Å². The highest BCUT2D eigenvalue weighted by molar-refractivity contribution is 5.91. The SMILES string of the molecule is Cc1ccc(NC(=O)CC2CCc3ccccc32)cc1. The van der Waals surface area contributed by atoms with Crippen molar-refractivity contribution in [2.45, 2.75) is 32.1 Å². The van der Waals surface area contributed by atoms with E-state index in [0.717, 1.165) is 18.5 Å². The van der Waals surface area contributed by atoms with E-state index in [2.05, 4.69) is 29.6 Å². The van der Waals surface area contributed by atoms with E-state index in [1.165, 1.54) is 16.7 Å². The first-order chi connectivity index (χ1) is 9.72. The summed E-state index contributed by atoms with van der Waals surface area (Å²) in [7, 11) is 0. The predicted octanol–water partition coefficient (Wildman–Crippen LogP) is 4.05. The monoisotopic (exact) mass is 265 g/mol. The van der Waals surface area contributed by atoms with Gasteiger partial charge in [0.15, 0.2) is 0 Å². The maximum absolute atomic E-state index is 12.2. The first kappa shape index (κ1) is 12.9. The highest BCUT2D eigenvalue weighted by atomic mass is 16.1. The number of benzene rings is 2. The van der Waals surface area contributed by atoms with Gasteiger partial charge < -0.3 is 5.32 Å². The highest BCUT2D eigenvalue weighted by Gasteiger charge is 2.24. The second kappa shape index (κ2) is 5.49. The number of anilines is 1. The zero-order chi connectivity index (χ0) is 13.9. The third kappa shape index (κ3) is 2.74. The molecule has 1 N–H and O–H groups in total. The molecular formula is C18H19NO. The van der Waals surface area contributed by atoms with Crippen LogP contribution in [0.2, 0.25) is 0 Å². The molecular weight excluding hydrogens is 246 g/mol. The fraction of sp³-hybridized carbons (Fsp3) is 0.278. The van der Waals surface area contributed by atoms with Crippen LogP contribution in [-0.2, 0) is 11.2 Å². The molecule has 2 aromatic carbocycles. The second-order valence-corrected chi connectivity index (χ2v) is 5.55. The molecule has 20 heavy (non-hydrogen) atoms. The van der Waals surface area contributed by atoms with Gasteiger partial charge >= 0.3 is 0 Å². The standard InChI is InChI=1S/C18H19NO/c1-13-6-10-16(11-7-13)19-18(20)12-15-9-8-14-4-2-3-5-17(14)15/h2-7,10-11,15H,8-9,12H2,1H3,(H,19,20). The number of hydrogen-bond donors (Lipinski definition) is 1. The van der Waals surface area contributed by atoms with Crippen molar-refractivity contribution < 1.29 is 4.79 Å². The molecule has 1 aliphatic rings. The lowest BCUT2D eigenvalue weighted by molar-refractivity contribution is -0.116. The summed E-state index contributed by atoms with van der Waals surface area (Å²) in [5, 5.41) is 2.99. The van der Waals surface area contributed by atoms with E-state index in [4.69, 9.17) is 0 Å². The molecule has 0 radical (unpaired) electrons. The van der Waals surface area contributed by atoms with Gasteiger partial charge in [-0.15, -0.1) is 0 Å². The van der Waals surface area contributed by atoms with E-state index in [1.807, 2.05) is 31.2 Å². The molecule has 0 fully saturated rings. The average molecular weight is 265 g/mol. The van der Waals surface area contributed by atoms with Crippen LogP contribution in [0.5, 0.6) is 0 Å². The van der Waals surface area contributed by atoms with Gasteiger partial charge in [-0.2, -0.15) is 0 Å². The van der Waals surface area contributed by atoms with E-state index >= 15 is 0 Å². The number of nitrogens with one attached hydrogen (secondary N) is 1. The van der Waals surface area contributed by atoms with Crippen molar-refractivity contribution in [3.8, 4) is 0 Å². The van der Waals surface area contributed by atoms with Gasteiger partial charge in [0, 0.05) is 12.1 Å². The molecule has 1 amide bonds. The number of hydrogen-bond acceptors (Lipinski definition) is 1. The zero-order valence-electron chi connectivity index (χ0n) is 11.7. The minimum Gasteiger partial charge on any atom is -0.326 e. The Morgan fingerprint density at radius 3 is 2.70 bits per heavy atom. The van der Waals surface area contributed by atoms with Gasteiger partial charge in [-0.3, -0.25) is 4.79 Å². The van der Waals surface area contributed by atoms with Crippen LogP contribution in [0.15, 0.2) is 48.5 Å². The third-order valence-electron chi connectivity index (χ3n) is 4.02. The van der Waals surface area contributed by atoms with Crippen molar-refractivity contribution in [3.63, 3.8) is 0 Å². The lowest BCUT2D eigenvalue weighted by atomic mass is 9.97. The second-order valence-electron chi connectivity index (χ2n) is 5.55. The molecule has 3 rings (SSSR count). The molecule has 0 heterocycles. The maximum Gasteiger partial charge on any atom is 0.224 e. The Labute approximate surface area is 119 Å². The Morgan fingerprint density at radius 1 is 1.15 bits per heavy atom. The van der Waals surface area contributed by atoms with Crippen LogP contribution in [0.25, 0.3) is 0 Å². The number of aryl methyl sites for hydroxylation is 2. The molecule has 0 bridgehead atoms. The Bertz CT molecular complexity index is 616. The Morgan fingerprint density at radius 2 is 1.90 bits per heavy atom. The maximum atomic E-state index is 12.2. The average Bonchev–Trinajstić information content (AvgIpc) is 2.85. The van der Waals surface area contributed by atoms with Gasteiger partial charge in [0.25, 0.3) is 0 Å². The largest absolute Gasteiger partial charge is 0.326 e. The van der Waals surface area contributed by atoms with E-state index < -0.39 is 0 Å². The molecule has 1 atom stereocenters. The van der Waals surface area contributed by atoms with E-state index in [1.54, 1.807) is 0 Å². The van der Waals surface area contributed by atoms with Crippen LogP contribution in [-0.4, -0.2) is 5.91 Å². The van der Waals surface area contributed by atoms with Crippen molar-refractivity contribution in [3.05, 3.63) is 65.2 Å². The summed E-state index contributed by atoms with van der Waals surface area (Å²) in [6.07, 6.45) is 2.75. The number of fused-ring (bicyclic) bond motifs is 1. The molecule has 2 nitrogen and oxygen atoms in total. The highest BCUT2D eigenvalue weighted by Crippen LogP contribution is 2.35. The van der Waals surface area contributed by atoms with Crippen LogP contribution in [0.4, 0.5) is 5.69 Å². The zero-order valence-corrected chi connectivity index (χ0v) is 11.7. The number of amides is 1. The Hall–Kier alpha value is -2.09. The molecule has 2 heteroatoms. The number of carbonyl (C=O) groups is 1. The van der Waals surface area contributed by atoms with E-state index in [-0.39, 0.29) is 5.91 Å². The summed E-state index contributed by atoms with van der Waals surface area (Å²) in [4.78, 5) is 12.2. The number of carbonyl (C=O) groups excluding carboxylic acids is 1. The minimum atomic E-state index is 0.107. The van der Waals surface area contributed by atoms with Crippen LogP contribution >= 0.6 is 0 Å². The van der Waals surface area contributed by atoms with Gasteiger partial charge in [0.1, 0.15) is 0 Å². The van der Waals surface area contributed by atoms with Crippen molar-refractivity contribution in [1.82, 2.24) is 0 Å². The van der Waals surface area contributed by atoms with Crippen LogP contribution in [0.3, 0.4) is 0 Å². The molecule has 0 saturated carbocycles. The molecule has 0 aliphatic heterocycles. The molecule has 102 valence electrons. The lowest BCUT2D eigenvalue weighted by Gasteiger charge is -2.12. The smallest absolute Gasteiger partial charge is 0.224 e. The van der Waals surface area contributed by atoms with Gasteiger partial charge in [-0.05, 0) is 48.9 Å². The summed E-state index contributed by atoms with van der Waals surface area (Å²) in [6.45, 7) is 2.04. The fourth-order valence-electron chi connectivity index (χ4n) is 2.93. The topological polar surface area (TPSA) is 29.1 Å². The fourth-order valence-corrected chi connectivity index (χ4v) is 2.93. The van der Waals surface area contributed by atoms with Crippen LogP contribution in [0.1, 0.15) is 35.4 Å². The molecule has 0 aromatic heterocycles. The molecule has 2 aromatic rings. The summed E-state index contributed by atoms with van der Waals surface area (Å²) in [5.41, 5.74) is 4.84. The summed E-state index contributed by atoms with van der Waals surface area (Å²) >= 11 is 0. The molecule has 0 spiro atoms. The van der Waals surface area contributed by atoms with Gasteiger partial charge in [-0.1, -0.05) is 42.0 Å². The van der Waals surface area contributed by atoms with Crippen molar-refractivity contribution in [2.75, 3.05) is 5.32 Å². The van der Waals surface area contributed by atoms with Crippen molar-refractivity contribution in [2.24, 2.45) is 0 Å². The minimum absolute atomic E-state index is 0.107. The summed E-state index contributed by atoms with van der Waals surface area (Å²) in [6, 6.07) is 16.4. The van der Waals surface area contributed by atoms with Gasteiger partial charge in [-0.25, -0.2) is 0 Å². The Balaban J connectivity index is 1.64. The normalized spacial score (nSPS) is 16.8. The summed E-state index contributed by atoms with van der Waals surface area (Å²) in [5.74, 6) is 0.479. The lowest BCUT2D eigenvalue weighted by Crippen LogP contribution is -2.14. The van der Waals surface area contributed by atoms with Crippen molar-refractivity contribution >= 4 is 11.6 Å². The molecule has 1 aliphatic carbocycles. The van der Waals surface area contributed by atoms with Crippen molar-refractivity contribution in [1.29, 1.82) is 0 Å². The van der Waals surface area contributed by atoms with E-state index in [9.17, 15) is 4.79 Å². The quantitative estimate of drug-likeness (QED) is 0.891. The first-order valence-electron chi connectivity index (χ1n) is 7.17. The van der Waals surface area contributed by atoms with Gasteiger partial charge in [0.2, 0.25) is 5.91 Å². The molecule has 1 unspecified atom stereocenters. The predicted molar refractivity (Wildman–Crippen MR) is 81.9 cm³/mol.